The molecule has 0 atom stereocenters. The van der Waals surface area contributed by atoms with Crippen molar-refractivity contribution in [1.82, 2.24) is 0 Å². The first-order valence-corrected chi connectivity index (χ1v) is 7.04. The monoisotopic (exact) mass is 298 g/mol. The molecule has 0 aromatic heterocycles. The van der Waals surface area contributed by atoms with Gasteiger partial charge in [0, 0.05) is 11.1 Å². The molecule has 0 aliphatic heterocycles. The molecule has 2 nitrogen and oxygen atoms in total. The smallest absolute Gasteiger partial charge is 0.0731 e. The van der Waals surface area contributed by atoms with Crippen LogP contribution in [0.5, 0.6) is 0 Å². The summed E-state index contributed by atoms with van der Waals surface area (Å²) in [5, 5.41) is 9.07. The Hall–Kier alpha value is -0.380. The van der Waals surface area contributed by atoms with Crippen molar-refractivity contribution in [3.05, 3.63) is 34.3 Å². The first-order valence-electron chi connectivity index (χ1n) is 6.25. The molecule has 0 bridgehead atoms. The van der Waals surface area contributed by atoms with Crippen molar-refractivity contribution in [1.29, 1.82) is 0 Å². The maximum Gasteiger partial charge on any atom is 0.0731 e. The summed E-state index contributed by atoms with van der Waals surface area (Å²) in [5.41, 5.74) is 1.21. The summed E-state index contributed by atoms with van der Waals surface area (Å²) in [5.74, 6) is 0.498. The average Bonchev–Trinajstić information content (AvgIpc) is 2.38. The van der Waals surface area contributed by atoms with E-state index in [1.807, 2.05) is 18.2 Å². The number of benzene rings is 1. The van der Waals surface area contributed by atoms with Crippen molar-refractivity contribution in [2.75, 3.05) is 6.61 Å². The largest absolute Gasteiger partial charge is 0.396 e. The quantitative estimate of drug-likeness (QED) is 0.922. The number of aliphatic hydroxyl groups excluding tert-OH is 1. The van der Waals surface area contributed by atoms with E-state index in [1.165, 1.54) is 5.56 Å². The Labute approximate surface area is 111 Å². The van der Waals surface area contributed by atoms with Gasteiger partial charge >= 0.3 is 0 Å². The number of halogens is 1. The van der Waals surface area contributed by atoms with Gasteiger partial charge in [-0.25, -0.2) is 0 Å². The highest BCUT2D eigenvalue weighted by atomic mass is 79.9. The predicted molar refractivity (Wildman–Crippen MR) is 71.8 cm³/mol. The van der Waals surface area contributed by atoms with Crippen LogP contribution in [0.1, 0.15) is 31.2 Å². The Kier molecular flexibility index (Phi) is 5.01. The van der Waals surface area contributed by atoms with Crippen LogP contribution in [0, 0.1) is 5.92 Å². The van der Waals surface area contributed by atoms with E-state index in [0.29, 0.717) is 25.2 Å². The van der Waals surface area contributed by atoms with E-state index in [0.717, 1.165) is 30.2 Å². The van der Waals surface area contributed by atoms with Crippen LogP contribution in [0.4, 0.5) is 0 Å². The van der Waals surface area contributed by atoms with E-state index in [1.54, 1.807) is 0 Å². The fourth-order valence-corrected chi connectivity index (χ4v) is 2.70. The second-order valence-corrected chi connectivity index (χ2v) is 5.58. The zero-order valence-electron chi connectivity index (χ0n) is 9.94. The predicted octanol–water partition coefficient (Wildman–Crippen LogP) is 3.52. The summed E-state index contributed by atoms with van der Waals surface area (Å²) in [6, 6.07) is 8.18. The molecule has 0 amide bonds. The summed E-state index contributed by atoms with van der Waals surface area (Å²) in [4.78, 5) is 0. The average molecular weight is 299 g/mol. The molecule has 0 unspecified atom stereocenters. The summed E-state index contributed by atoms with van der Waals surface area (Å²) < 4.78 is 7.05. The van der Waals surface area contributed by atoms with Crippen molar-refractivity contribution in [3.8, 4) is 0 Å². The molecular formula is C14H19BrO2. The minimum Gasteiger partial charge on any atom is -0.396 e. The van der Waals surface area contributed by atoms with Gasteiger partial charge in [0.05, 0.1) is 12.7 Å². The van der Waals surface area contributed by atoms with Gasteiger partial charge in [-0.05, 0) is 43.2 Å². The van der Waals surface area contributed by atoms with Gasteiger partial charge in [-0.2, -0.15) is 0 Å². The Bertz CT molecular complexity index is 346. The fraction of sp³-hybridized carbons (Fsp3) is 0.571. The molecule has 17 heavy (non-hydrogen) atoms. The molecule has 1 saturated carbocycles. The molecule has 0 heterocycles. The Morgan fingerprint density at radius 1 is 1.18 bits per heavy atom. The lowest BCUT2D eigenvalue weighted by atomic mass is 9.88. The zero-order chi connectivity index (χ0) is 12.1. The zero-order valence-corrected chi connectivity index (χ0v) is 11.5. The topological polar surface area (TPSA) is 29.5 Å². The molecule has 1 fully saturated rings. The third-order valence-electron chi connectivity index (χ3n) is 3.48. The molecule has 2 rings (SSSR count). The number of rotatable bonds is 4. The molecule has 1 aliphatic rings. The third kappa shape index (κ3) is 3.80. The van der Waals surface area contributed by atoms with Crippen LogP contribution in [-0.2, 0) is 11.3 Å². The highest BCUT2D eigenvalue weighted by molar-refractivity contribution is 9.10. The van der Waals surface area contributed by atoms with Gasteiger partial charge in [0.15, 0.2) is 0 Å². The summed E-state index contributed by atoms with van der Waals surface area (Å²) in [7, 11) is 0. The summed E-state index contributed by atoms with van der Waals surface area (Å²) >= 11 is 3.53. The van der Waals surface area contributed by atoms with Crippen LogP contribution in [0.3, 0.4) is 0 Å². The Morgan fingerprint density at radius 3 is 2.53 bits per heavy atom. The van der Waals surface area contributed by atoms with Crippen molar-refractivity contribution >= 4 is 15.9 Å². The molecular weight excluding hydrogens is 280 g/mol. The van der Waals surface area contributed by atoms with Crippen LogP contribution in [-0.4, -0.2) is 17.8 Å². The maximum atomic E-state index is 9.07. The van der Waals surface area contributed by atoms with Crippen LogP contribution in [0.15, 0.2) is 28.7 Å². The van der Waals surface area contributed by atoms with E-state index in [-0.39, 0.29) is 0 Å². The van der Waals surface area contributed by atoms with Gasteiger partial charge in [0.1, 0.15) is 0 Å². The molecule has 1 aromatic carbocycles. The van der Waals surface area contributed by atoms with Gasteiger partial charge in [0.25, 0.3) is 0 Å². The van der Waals surface area contributed by atoms with Gasteiger partial charge in [0.2, 0.25) is 0 Å². The molecule has 94 valence electrons. The van der Waals surface area contributed by atoms with Gasteiger partial charge in [-0.3, -0.25) is 0 Å². The number of ether oxygens (including phenoxy) is 1. The number of aliphatic hydroxyl groups is 1. The molecule has 0 radical (unpaired) electrons. The highest BCUT2D eigenvalue weighted by Crippen LogP contribution is 2.27. The van der Waals surface area contributed by atoms with Crippen LogP contribution < -0.4 is 0 Å². The van der Waals surface area contributed by atoms with Crippen molar-refractivity contribution < 1.29 is 9.84 Å². The van der Waals surface area contributed by atoms with Crippen LogP contribution in [0.25, 0.3) is 0 Å². The second kappa shape index (κ2) is 6.53. The van der Waals surface area contributed by atoms with E-state index < -0.39 is 0 Å². The molecule has 1 N–H and O–H groups in total. The van der Waals surface area contributed by atoms with Crippen LogP contribution >= 0.6 is 15.9 Å². The van der Waals surface area contributed by atoms with Crippen molar-refractivity contribution in [2.45, 2.75) is 38.4 Å². The van der Waals surface area contributed by atoms with Crippen molar-refractivity contribution in [3.63, 3.8) is 0 Å². The number of hydrogen-bond acceptors (Lipinski definition) is 2. The molecule has 1 aromatic rings. The van der Waals surface area contributed by atoms with E-state index in [9.17, 15) is 0 Å². The van der Waals surface area contributed by atoms with Gasteiger partial charge in [-0.1, -0.05) is 34.1 Å². The van der Waals surface area contributed by atoms with Gasteiger partial charge in [-0.15, -0.1) is 0 Å². The summed E-state index contributed by atoms with van der Waals surface area (Å²) in [6.07, 6.45) is 4.71. The Morgan fingerprint density at radius 2 is 1.88 bits per heavy atom. The normalized spacial score (nSPS) is 24.8. The first kappa shape index (κ1) is 13.1. The lowest BCUT2D eigenvalue weighted by Gasteiger charge is -2.27. The second-order valence-electron chi connectivity index (χ2n) is 4.73. The molecule has 1 aliphatic carbocycles. The highest BCUT2D eigenvalue weighted by Gasteiger charge is 2.20. The van der Waals surface area contributed by atoms with Gasteiger partial charge < -0.3 is 9.84 Å². The lowest BCUT2D eigenvalue weighted by molar-refractivity contribution is 0.000983. The SMILES string of the molecule is OCC1CCC(OCc2ccccc2Br)CC1. The minimum absolute atomic E-state index is 0.330. The van der Waals surface area contributed by atoms with Crippen LogP contribution in [0.2, 0.25) is 0 Å². The van der Waals surface area contributed by atoms with E-state index in [2.05, 4.69) is 22.0 Å². The molecule has 3 heteroatoms. The first-order chi connectivity index (χ1) is 8.29. The minimum atomic E-state index is 0.330. The third-order valence-corrected chi connectivity index (χ3v) is 4.26. The fourth-order valence-electron chi connectivity index (χ4n) is 2.30. The lowest BCUT2D eigenvalue weighted by Crippen LogP contribution is -2.23. The molecule has 0 spiro atoms. The van der Waals surface area contributed by atoms with Crippen molar-refractivity contribution in [2.24, 2.45) is 5.92 Å². The maximum absolute atomic E-state index is 9.07. The van der Waals surface area contributed by atoms with E-state index >= 15 is 0 Å². The summed E-state index contributed by atoms with van der Waals surface area (Å²) in [6.45, 7) is 1.01. The molecule has 0 saturated heterocycles. The Balaban J connectivity index is 1.78. The van der Waals surface area contributed by atoms with E-state index in [4.69, 9.17) is 9.84 Å². The number of hydrogen-bond donors (Lipinski definition) is 1. The standard InChI is InChI=1S/C14H19BrO2/c15-14-4-2-1-3-12(14)10-17-13-7-5-11(9-16)6-8-13/h1-4,11,13,16H,5-10H2.